The van der Waals surface area contributed by atoms with Gasteiger partial charge in [0.25, 0.3) is 0 Å². The van der Waals surface area contributed by atoms with Crippen molar-refractivity contribution in [3.8, 4) is 0 Å². The van der Waals surface area contributed by atoms with E-state index in [2.05, 4.69) is 97.9 Å². The molecule has 3 heteroatoms. The Morgan fingerprint density at radius 3 is 1.35 bits per heavy atom. The van der Waals surface area contributed by atoms with Crippen LogP contribution < -0.4 is 15.9 Å². The van der Waals surface area contributed by atoms with E-state index in [0.717, 1.165) is 19.0 Å². The molecule has 0 heterocycles. The Hall–Kier alpha value is -1.14. The Labute approximate surface area is 173 Å². The summed E-state index contributed by atoms with van der Waals surface area (Å²) in [6.45, 7) is 2.17. The highest BCUT2D eigenvalue weighted by Gasteiger charge is 2.44. The summed E-state index contributed by atoms with van der Waals surface area (Å²) in [4.78, 5) is 0. The van der Waals surface area contributed by atoms with Gasteiger partial charge in [-0.2, -0.15) is 0 Å². The molecule has 26 heavy (non-hydrogen) atoms. The molecular formula is C23H26BrClP+. The number of halogens is 2. The third-order valence-corrected chi connectivity index (χ3v) is 9.81. The first-order valence-corrected chi connectivity index (χ1v) is 11.4. The largest absolute Gasteiger partial charge is 0.123 e. The average Bonchev–Trinajstić information content (AvgIpc) is 2.71. The first-order chi connectivity index (χ1) is 12.3. The maximum absolute atomic E-state index is 6.55. The summed E-state index contributed by atoms with van der Waals surface area (Å²) in [6.07, 6.45) is 3.15. The first-order valence-electron chi connectivity index (χ1n) is 8.96. The smallest absolute Gasteiger partial charge is 0.112 e. The lowest BCUT2D eigenvalue weighted by atomic mass is 10.3. The van der Waals surface area contributed by atoms with E-state index in [1.807, 2.05) is 0 Å². The lowest BCUT2D eigenvalue weighted by Gasteiger charge is -2.28. The van der Waals surface area contributed by atoms with Gasteiger partial charge in [0.15, 0.2) is 0 Å². The Balaban J connectivity index is 0.00000243. The maximum atomic E-state index is 6.55. The molecule has 3 rings (SSSR count). The third-order valence-electron chi connectivity index (χ3n) is 4.81. The molecule has 0 saturated carbocycles. The monoisotopic (exact) mass is 447 g/mol. The molecule has 0 radical (unpaired) electrons. The van der Waals surface area contributed by atoms with Gasteiger partial charge in [0.1, 0.15) is 23.2 Å². The van der Waals surface area contributed by atoms with Gasteiger partial charge in [-0.05, 0) is 49.2 Å². The zero-order valence-electron chi connectivity index (χ0n) is 15.1. The van der Waals surface area contributed by atoms with Crippen molar-refractivity contribution in [3.63, 3.8) is 0 Å². The van der Waals surface area contributed by atoms with Crippen molar-refractivity contribution < 1.29 is 0 Å². The van der Waals surface area contributed by atoms with E-state index in [1.54, 1.807) is 0 Å². The van der Waals surface area contributed by atoms with Gasteiger partial charge in [-0.15, -0.1) is 28.6 Å². The fourth-order valence-electron chi connectivity index (χ4n) is 3.42. The Kier molecular flexibility index (Phi) is 8.35. The molecule has 136 valence electrons. The van der Waals surface area contributed by atoms with Crippen LogP contribution in [0.1, 0.15) is 19.8 Å². The van der Waals surface area contributed by atoms with Gasteiger partial charge in [-0.1, -0.05) is 61.5 Å². The second-order valence-corrected chi connectivity index (χ2v) is 10.6. The predicted molar refractivity (Wildman–Crippen MR) is 125 cm³/mol. The molecule has 1 unspecified atom stereocenters. The molecule has 3 aromatic carbocycles. The number of rotatable bonds is 7. The van der Waals surface area contributed by atoms with Crippen LogP contribution in [0.2, 0.25) is 0 Å². The fourth-order valence-corrected chi connectivity index (χ4v) is 8.09. The molecule has 0 aromatic heterocycles. The standard InChI is InChI=1S/C23H25ClP.BrH/c1-2-20(24)18-19-25(21-12-6-3-7-13-21,22-14-8-4-9-15-22)23-16-10-5-11-17-23;/h3-17,20H,2,18-19H2,1H3;1H/q+1;. The summed E-state index contributed by atoms with van der Waals surface area (Å²) in [5.74, 6) is 0. The quantitative estimate of drug-likeness (QED) is 0.309. The number of hydrogen-bond donors (Lipinski definition) is 0. The zero-order chi connectivity index (χ0) is 17.5. The van der Waals surface area contributed by atoms with Gasteiger partial charge in [-0.25, -0.2) is 0 Å². The molecule has 0 aliphatic rings. The van der Waals surface area contributed by atoms with Gasteiger partial charge in [-0.3, -0.25) is 0 Å². The highest BCUT2D eigenvalue weighted by atomic mass is 79.9. The van der Waals surface area contributed by atoms with Crippen LogP contribution in [0.5, 0.6) is 0 Å². The van der Waals surface area contributed by atoms with Gasteiger partial charge >= 0.3 is 0 Å². The fraction of sp³-hybridized carbons (Fsp3) is 0.217. The predicted octanol–water partition coefficient (Wildman–Crippen LogP) is 5.97. The van der Waals surface area contributed by atoms with Crippen LogP contribution in [-0.4, -0.2) is 11.5 Å². The minimum absolute atomic E-state index is 0. The highest BCUT2D eigenvalue weighted by Crippen LogP contribution is 2.56. The lowest BCUT2D eigenvalue weighted by Crippen LogP contribution is -2.34. The van der Waals surface area contributed by atoms with Crippen molar-refractivity contribution in [1.82, 2.24) is 0 Å². The van der Waals surface area contributed by atoms with Crippen molar-refractivity contribution >= 4 is 51.8 Å². The van der Waals surface area contributed by atoms with Gasteiger partial charge in [0, 0.05) is 5.38 Å². The molecule has 1 atom stereocenters. The van der Waals surface area contributed by atoms with E-state index in [4.69, 9.17) is 11.6 Å². The van der Waals surface area contributed by atoms with Crippen molar-refractivity contribution in [3.05, 3.63) is 91.0 Å². The maximum Gasteiger partial charge on any atom is 0.112 e. The van der Waals surface area contributed by atoms with Crippen LogP contribution in [0.25, 0.3) is 0 Å². The van der Waals surface area contributed by atoms with Crippen LogP contribution in [0.15, 0.2) is 91.0 Å². The van der Waals surface area contributed by atoms with E-state index in [0.29, 0.717) is 0 Å². The molecule has 0 aliphatic heterocycles. The van der Waals surface area contributed by atoms with E-state index >= 15 is 0 Å². The third kappa shape index (κ3) is 4.58. The topological polar surface area (TPSA) is 0 Å². The van der Waals surface area contributed by atoms with E-state index in [-0.39, 0.29) is 22.4 Å². The van der Waals surface area contributed by atoms with E-state index < -0.39 is 7.26 Å². The zero-order valence-corrected chi connectivity index (χ0v) is 18.5. The van der Waals surface area contributed by atoms with Crippen LogP contribution in [-0.2, 0) is 0 Å². The summed E-state index contributed by atoms with van der Waals surface area (Å²) in [6, 6.07) is 33.0. The molecule has 0 nitrogen and oxygen atoms in total. The summed E-state index contributed by atoms with van der Waals surface area (Å²) in [7, 11) is -1.70. The lowest BCUT2D eigenvalue weighted by molar-refractivity contribution is 0.786. The summed E-state index contributed by atoms with van der Waals surface area (Å²) >= 11 is 6.55. The highest BCUT2D eigenvalue weighted by molar-refractivity contribution is 8.93. The van der Waals surface area contributed by atoms with Crippen LogP contribution >= 0.6 is 35.8 Å². The van der Waals surface area contributed by atoms with Crippen molar-refractivity contribution in [2.75, 3.05) is 6.16 Å². The van der Waals surface area contributed by atoms with Crippen molar-refractivity contribution in [2.45, 2.75) is 25.1 Å². The van der Waals surface area contributed by atoms with E-state index in [1.165, 1.54) is 15.9 Å². The van der Waals surface area contributed by atoms with Gasteiger partial charge < -0.3 is 0 Å². The molecule has 0 bridgehead atoms. The second-order valence-electron chi connectivity index (χ2n) is 6.33. The van der Waals surface area contributed by atoms with Crippen molar-refractivity contribution in [1.29, 1.82) is 0 Å². The molecule has 0 amide bonds. The molecule has 0 fully saturated rings. The van der Waals surface area contributed by atoms with Crippen molar-refractivity contribution in [2.24, 2.45) is 0 Å². The second kappa shape index (κ2) is 10.3. The summed E-state index contributed by atoms with van der Waals surface area (Å²) in [5, 5.41) is 4.54. The minimum atomic E-state index is -1.70. The first kappa shape index (κ1) is 21.2. The van der Waals surface area contributed by atoms with Crippen LogP contribution in [0, 0.1) is 0 Å². The Morgan fingerprint density at radius 2 is 1.04 bits per heavy atom. The normalized spacial score (nSPS) is 12.2. The van der Waals surface area contributed by atoms with Crippen LogP contribution in [0.4, 0.5) is 0 Å². The number of alkyl halides is 1. The average molecular weight is 449 g/mol. The van der Waals surface area contributed by atoms with Gasteiger partial charge in [0.2, 0.25) is 0 Å². The molecular weight excluding hydrogens is 423 g/mol. The SMILES string of the molecule is Br.CCC(Cl)CC[P+](c1ccccc1)(c1ccccc1)c1ccccc1. The number of benzene rings is 3. The molecule has 0 aliphatic carbocycles. The van der Waals surface area contributed by atoms with E-state index in [9.17, 15) is 0 Å². The summed E-state index contributed by atoms with van der Waals surface area (Å²) < 4.78 is 0. The number of hydrogen-bond acceptors (Lipinski definition) is 0. The molecule has 3 aromatic rings. The Bertz CT molecular complexity index is 665. The Morgan fingerprint density at radius 1 is 0.692 bits per heavy atom. The summed E-state index contributed by atoms with van der Waals surface area (Å²) in [5.41, 5.74) is 0. The van der Waals surface area contributed by atoms with Crippen LogP contribution in [0.3, 0.4) is 0 Å². The minimum Gasteiger partial charge on any atom is -0.123 e. The van der Waals surface area contributed by atoms with Gasteiger partial charge in [0.05, 0.1) is 6.16 Å². The molecule has 0 N–H and O–H groups in total. The molecule has 0 saturated heterocycles. The molecule has 0 spiro atoms.